The largest absolute Gasteiger partial charge is 0.506 e. The van der Waals surface area contributed by atoms with Crippen molar-refractivity contribution in [3.63, 3.8) is 0 Å². The summed E-state index contributed by atoms with van der Waals surface area (Å²) in [6.07, 6.45) is 1.94. The van der Waals surface area contributed by atoms with E-state index in [4.69, 9.17) is 0 Å². The van der Waals surface area contributed by atoms with Crippen molar-refractivity contribution in [3.05, 3.63) is 59.4 Å². The zero-order valence-electron chi connectivity index (χ0n) is 13.0. The number of benzene rings is 1. The topological polar surface area (TPSA) is 99.5 Å². The van der Waals surface area contributed by atoms with Crippen LogP contribution < -0.4 is 5.32 Å². The number of aromatic nitrogens is 1. The predicted octanol–water partition coefficient (Wildman–Crippen LogP) is 1.66. The SMILES string of the molecule is O=C(O)CC1(C(=O)NCc2ccc(O)cn2)Cc2ccccc2C1. The van der Waals surface area contributed by atoms with E-state index in [2.05, 4.69) is 10.3 Å². The molecule has 0 spiro atoms. The summed E-state index contributed by atoms with van der Waals surface area (Å²) in [7, 11) is 0. The predicted molar refractivity (Wildman–Crippen MR) is 86.3 cm³/mol. The van der Waals surface area contributed by atoms with Crippen molar-refractivity contribution in [2.45, 2.75) is 25.8 Å². The summed E-state index contributed by atoms with van der Waals surface area (Å²) < 4.78 is 0. The van der Waals surface area contributed by atoms with Gasteiger partial charge in [0.25, 0.3) is 0 Å². The molecule has 1 aliphatic rings. The molecule has 2 aromatic rings. The highest BCUT2D eigenvalue weighted by atomic mass is 16.4. The molecule has 0 radical (unpaired) electrons. The number of pyridine rings is 1. The lowest BCUT2D eigenvalue weighted by atomic mass is 9.80. The van der Waals surface area contributed by atoms with E-state index in [0.29, 0.717) is 18.5 Å². The smallest absolute Gasteiger partial charge is 0.304 e. The van der Waals surface area contributed by atoms with E-state index >= 15 is 0 Å². The van der Waals surface area contributed by atoms with Crippen LogP contribution in [0, 0.1) is 5.41 Å². The lowest BCUT2D eigenvalue weighted by molar-refractivity contribution is -0.145. The van der Waals surface area contributed by atoms with Gasteiger partial charge in [0.2, 0.25) is 5.91 Å². The van der Waals surface area contributed by atoms with Crippen LogP contribution in [-0.4, -0.2) is 27.1 Å². The molecular formula is C18H18N2O4. The third-order valence-electron chi connectivity index (χ3n) is 4.39. The molecule has 1 amide bonds. The summed E-state index contributed by atoms with van der Waals surface area (Å²) in [5, 5.41) is 21.3. The summed E-state index contributed by atoms with van der Waals surface area (Å²) in [6, 6.07) is 10.8. The number of carboxylic acids is 1. The van der Waals surface area contributed by atoms with Crippen LogP contribution in [0.3, 0.4) is 0 Å². The maximum Gasteiger partial charge on any atom is 0.304 e. The Morgan fingerprint density at radius 1 is 1.12 bits per heavy atom. The van der Waals surface area contributed by atoms with Gasteiger partial charge in [0.05, 0.1) is 30.3 Å². The molecule has 0 fully saturated rings. The first-order valence-corrected chi connectivity index (χ1v) is 7.69. The molecule has 0 bridgehead atoms. The summed E-state index contributed by atoms with van der Waals surface area (Å²) >= 11 is 0. The summed E-state index contributed by atoms with van der Waals surface area (Å²) in [6.45, 7) is 0.191. The van der Waals surface area contributed by atoms with E-state index in [1.807, 2.05) is 24.3 Å². The second-order valence-electron chi connectivity index (χ2n) is 6.16. The van der Waals surface area contributed by atoms with Gasteiger partial charge in [-0.05, 0) is 36.1 Å². The van der Waals surface area contributed by atoms with Crippen LogP contribution in [0.1, 0.15) is 23.2 Å². The summed E-state index contributed by atoms with van der Waals surface area (Å²) in [5.74, 6) is -1.21. The first kappa shape index (κ1) is 16.0. The first-order valence-electron chi connectivity index (χ1n) is 7.69. The van der Waals surface area contributed by atoms with Crippen LogP contribution in [0.2, 0.25) is 0 Å². The van der Waals surface area contributed by atoms with Crippen LogP contribution in [0.5, 0.6) is 5.75 Å². The minimum absolute atomic E-state index is 0.0543. The van der Waals surface area contributed by atoms with Crippen molar-refractivity contribution in [3.8, 4) is 5.75 Å². The van der Waals surface area contributed by atoms with Gasteiger partial charge < -0.3 is 15.5 Å². The van der Waals surface area contributed by atoms with Gasteiger partial charge in [-0.1, -0.05) is 24.3 Å². The highest BCUT2D eigenvalue weighted by molar-refractivity contribution is 5.88. The number of hydrogen-bond donors (Lipinski definition) is 3. The minimum Gasteiger partial charge on any atom is -0.506 e. The molecule has 3 rings (SSSR count). The second kappa shape index (κ2) is 6.31. The highest BCUT2D eigenvalue weighted by Gasteiger charge is 2.45. The Bertz CT molecular complexity index is 746. The standard InChI is InChI=1S/C18H18N2O4/c21-15-6-5-14(19-11-15)10-20-17(24)18(9-16(22)23)7-12-3-1-2-4-13(12)8-18/h1-6,11,21H,7-10H2,(H,20,24)(H,22,23). The molecule has 3 N–H and O–H groups in total. The Morgan fingerprint density at radius 3 is 2.33 bits per heavy atom. The number of aliphatic carboxylic acids is 1. The average molecular weight is 326 g/mol. The number of hydrogen-bond acceptors (Lipinski definition) is 4. The molecule has 24 heavy (non-hydrogen) atoms. The van der Waals surface area contributed by atoms with Crippen molar-refractivity contribution in [1.29, 1.82) is 0 Å². The van der Waals surface area contributed by atoms with E-state index in [1.165, 1.54) is 12.3 Å². The first-order chi connectivity index (χ1) is 11.5. The quantitative estimate of drug-likeness (QED) is 0.776. The number of nitrogens with one attached hydrogen (secondary N) is 1. The van der Waals surface area contributed by atoms with Crippen LogP contribution in [0.4, 0.5) is 0 Å². The molecule has 0 saturated heterocycles. The lowest BCUT2D eigenvalue weighted by Crippen LogP contribution is -2.43. The fraction of sp³-hybridized carbons (Fsp3) is 0.278. The molecule has 1 aliphatic carbocycles. The van der Waals surface area contributed by atoms with Crippen LogP contribution in [0.15, 0.2) is 42.6 Å². The fourth-order valence-electron chi connectivity index (χ4n) is 3.23. The molecule has 6 heteroatoms. The molecule has 1 aromatic heterocycles. The molecule has 0 unspecified atom stereocenters. The number of nitrogens with zero attached hydrogens (tertiary/aromatic N) is 1. The number of rotatable bonds is 5. The Labute approximate surface area is 139 Å². The van der Waals surface area contributed by atoms with Gasteiger partial charge in [0.15, 0.2) is 0 Å². The Morgan fingerprint density at radius 2 is 1.79 bits per heavy atom. The highest BCUT2D eigenvalue weighted by Crippen LogP contribution is 2.40. The van der Waals surface area contributed by atoms with E-state index in [-0.39, 0.29) is 24.6 Å². The summed E-state index contributed by atoms with van der Waals surface area (Å²) in [4.78, 5) is 28.1. The van der Waals surface area contributed by atoms with Crippen molar-refractivity contribution < 1.29 is 19.8 Å². The van der Waals surface area contributed by atoms with Gasteiger partial charge in [-0.15, -0.1) is 0 Å². The number of fused-ring (bicyclic) bond motifs is 1. The molecule has 124 valence electrons. The van der Waals surface area contributed by atoms with Gasteiger partial charge in [0, 0.05) is 0 Å². The minimum atomic E-state index is -0.985. The monoisotopic (exact) mass is 326 g/mol. The van der Waals surface area contributed by atoms with Crippen LogP contribution in [0.25, 0.3) is 0 Å². The molecular weight excluding hydrogens is 308 g/mol. The zero-order chi connectivity index (χ0) is 17.2. The maximum atomic E-state index is 12.8. The molecule has 6 nitrogen and oxygen atoms in total. The number of aromatic hydroxyl groups is 1. The summed E-state index contributed by atoms with van der Waals surface area (Å²) in [5.41, 5.74) is 1.68. The van der Waals surface area contributed by atoms with E-state index in [0.717, 1.165) is 11.1 Å². The van der Waals surface area contributed by atoms with E-state index in [9.17, 15) is 19.8 Å². The van der Waals surface area contributed by atoms with E-state index in [1.54, 1.807) is 6.07 Å². The third-order valence-corrected chi connectivity index (χ3v) is 4.39. The lowest BCUT2D eigenvalue weighted by Gasteiger charge is -2.26. The number of amides is 1. The van der Waals surface area contributed by atoms with Crippen LogP contribution >= 0.6 is 0 Å². The van der Waals surface area contributed by atoms with Crippen molar-refractivity contribution in [1.82, 2.24) is 10.3 Å². The van der Waals surface area contributed by atoms with Gasteiger partial charge in [-0.3, -0.25) is 14.6 Å². The van der Waals surface area contributed by atoms with Gasteiger partial charge >= 0.3 is 5.97 Å². The van der Waals surface area contributed by atoms with E-state index < -0.39 is 11.4 Å². The normalized spacial score (nSPS) is 14.8. The molecule has 0 aliphatic heterocycles. The molecule has 0 saturated carbocycles. The molecule has 1 aromatic carbocycles. The third kappa shape index (κ3) is 3.22. The number of carboxylic acid groups (broad SMARTS) is 1. The Hall–Kier alpha value is -2.89. The van der Waals surface area contributed by atoms with Crippen LogP contribution in [-0.2, 0) is 29.0 Å². The Balaban J connectivity index is 1.76. The number of carbonyl (C=O) groups excluding carboxylic acids is 1. The van der Waals surface area contributed by atoms with Crippen molar-refractivity contribution in [2.24, 2.45) is 5.41 Å². The molecule has 0 atom stereocenters. The second-order valence-corrected chi connectivity index (χ2v) is 6.16. The fourth-order valence-corrected chi connectivity index (χ4v) is 3.23. The maximum absolute atomic E-state index is 12.8. The Kier molecular flexibility index (Phi) is 4.20. The van der Waals surface area contributed by atoms with Crippen molar-refractivity contribution >= 4 is 11.9 Å². The van der Waals surface area contributed by atoms with Crippen molar-refractivity contribution in [2.75, 3.05) is 0 Å². The van der Waals surface area contributed by atoms with Gasteiger partial charge in [0.1, 0.15) is 5.75 Å². The van der Waals surface area contributed by atoms with Gasteiger partial charge in [-0.25, -0.2) is 0 Å². The van der Waals surface area contributed by atoms with Gasteiger partial charge in [-0.2, -0.15) is 0 Å². The average Bonchev–Trinajstić information content (AvgIpc) is 2.92. The molecule has 1 heterocycles. The number of carbonyl (C=O) groups is 2. The zero-order valence-corrected chi connectivity index (χ0v) is 13.0.